The molecule has 6 heteroatoms. The van der Waals surface area contributed by atoms with Gasteiger partial charge in [-0.25, -0.2) is 0 Å². The summed E-state index contributed by atoms with van der Waals surface area (Å²) >= 11 is 0. The van der Waals surface area contributed by atoms with Crippen LogP contribution < -0.4 is 0 Å². The number of hydrogen-bond donors (Lipinski definition) is 0. The zero-order valence-electron chi connectivity index (χ0n) is 53.0. The first-order chi connectivity index (χ1) is 38.5. The van der Waals surface area contributed by atoms with Crippen LogP contribution in [-0.4, -0.2) is 37.2 Å². The van der Waals surface area contributed by atoms with E-state index >= 15 is 0 Å². The van der Waals surface area contributed by atoms with Crippen LogP contribution in [0.4, 0.5) is 0 Å². The summed E-state index contributed by atoms with van der Waals surface area (Å²) < 4.78 is 16.9. The van der Waals surface area contributed by atoms with Crippen molar-refractivity contribution < 1.29 is 28.6 Å². The van der Waals surface area contributed by atoms with E-state index in [0.29, 0.717) is 19.3 Å². The van der Waals surface area contributed by atoms with Crippen LogP contribution in [0.25, 0.3) is 0 Å². The Balaban J connectivity index is 3.99. The van der Waals surface area contributed by atoms with Crippen molar-refractivity contribution in [2.45, 2.75) is 406 Å². The highest BCUT2D eigenvalue weighted by Crippen LogP contribution is 2.18. The molecule has 0 N–H and O–H groups in total. The van der Waals surface area contributed by atoms with Gasteiger partial charge in [-0.2, -0.15) is 0 Å². The Morgan fingerprint density at radius 2 is 0.423 bits per heavy atom. The topological polar surface area (TPSA) is 78.9 Å². The molecule has 0 heterocycles. The molecule has 0 spiro atoms. The molecule has 1 unspecified atom stereocenters. The van der Waals surface area contributed by atoms with Crippen molar-refractivity contribution in [3.05, 3.63) is 24.3 Å². The Kier molecular flexibility index (Phi) is 65.6. The molecular formula is C72H136O6. The van der Waals surface area contributed by atoms with Gasteiger partial charge in [0.2, 0.25) is 0 Å². The van der Waals surface area contributed by atoms with Gasteiger partial charge in [-0.15, -0.1) is 0 Å². The predicted molar refractivity (Wildman–Crippen MR) is 340 cm³/mol. The fourth-order valence-corrected chi connectivity index (χ4v) is 10.8. The summed E-state index contributed by atoms with van der Waals surface area (Å²) in [6.07, 6.45) is 82.4. The smallest absolute Gasteiger partial charge is 0.306 e. The van der Waals surface area contributed by atoms with Crippen molar-refractivity contribution in [1.82, 2.24) is 0 Å². The number of esters is 3. The zero-order valence-corrected chi connectivity index (χ0v) is 53.0. The SMILES string of the molecule is CCCCCCCC/C=C\CCCCCCCCCCCC(=O)OC(COC(=O)CCCCCCCCCC)COC(=O)CCCCCCCCCCCCCCCCCCCCCCC/C=C\CCCCCCCCCC. The number of hydrogen-bond acceptors (Lipinski definition) is 6. The van der Waals surface area contributed by atoms with Crippen molar-refractivity contribution in [2.24, 2.45) is 0 Å². The van der Waals surface area contributed by atoms with E-state index in [9.17, 15) is 14.4 Å². The maximum atomic E-state index is 12.9. The van der Waals surface area contributed by atoms with Crippen molar-refractivity contribution in [2.75, 3.05) is 13.2 Å². The number of allylic oxidation sites excluding steroid dienone is 4. The molecule has 460 valence electrons. The highest BCUT2D eigenvalue weighted by Gasteiger charge is 2.19. The Morgan fingerprint density at radius 3 is 0.641 bits per heavy atom. The molecule has 0 radical (unpaired) electrons. The number of unbranched alkanes of at least 4 members (excludes halogenated alkanes) is 51. The fraction of sp³-hybridized carbons (Fsp3) is 0.903. The van der Waals surface area contributed by atoms with Gasteiger partial charge in [-0.1, -0.05) is 334 Å². The van der Waals surface area contributed by atoms with Gasteiger partial charge < -0.3 is 14.2 Å². The monoisotopic (exact) mass is 1100 g/mol. The average molecular weight is 1100 g/mol. The molecule has 0 bridgehead atoms. The third-order valence-electron chi connectivity index (χ3n) is 16.2. The van der Waals surface area contributed by atoms with Gasteiger partial charge in [0.15, 0.2) is 6.10 Å². The summed E-state index contributed by atoms with van der Waals surface area (Å²) in [7, 11) is 0. The molecule has 0 amide bonds. The van der Waals surface area contributed by atoms with Crippen LogP contribution in [0.2, 0.25) is 0 Å². The van der Waals surface area contributed by atoms with Crippen LogP contribution >= 0.6 is 0 Å². The molecule has 0 rings (SSSR count). The first kappa shape index (κ1) is 75.9. The second kappa shape index (κ2) is 67.4. The van der Waals surface area contributed by atoms with E-state index < -0.39 is 6.10 Å². The Labute approximate surface area is 487 Å². The van der Waals surface area contributed by atoms with E-state index in [1.54, 1.807) is 0 Å². The summed E-state index contributed by atoms with van der Waals surface area (Å²) in [6, 6.07) is 0. The van der Waals surface area contributed by atoms with Crippen molar-refractivity contribution in [3.63, 3.8) is 0 Å². The normalized spacial score (nSPS) is 12.1. The third-order valence-corrected chi connectivity index (χ3v) is 16.2. The number of rotatable bonds is 66. The highest BCUT2D eigenvalue weighted by atomic mass is 16.6. The fourth-order valence-electron chi connectivity index (χ4n) is 10.8. The van der Waals surface area contributed by atoms with Crippen LogP contribution in [0.3, 0.4) is 0 Å². The Hall–Kier alpha value is -2.11. The van der Waals surface area contributed by atoms with Gasteiger partial charge in [-0.05, 0) is 70.6 Å². The molecule has 0 aliphatic rings. The molecule has 0 aromatic carbocycles. The molecule has 1 atom stereocenters. The summed E-state index contributed by atoms with van der Waals surface area (Å²) in [5.41, 5.74) is 0. The van der Waals surface area contributed by atoms with Crippen molar-refractivity contribution >= 4 is 17.9 Å². The minimum absolute atomic E-state index is 0.0661. The number of carbonyl (C=O) groups excluding carboxylic acids is 3. The largest absolute Gasteiger partial charge is 0.462 e. The summed E-state index contributed by atoms with van der Waals surface area (Å²) in [5, 5.41) is 0. The van der Waals surface area contributed by atoms with Crippen molar-refractivity contribution in [1.29, 1.82) is 0 Å². The van der Waals surface area contributed by atoms with Crippen LogP contribution in [0.1, 0.15) is 400 Å². The van der Waals surface area contributed by atoms with Gasteiger partial charge in [0.25, 0.3) is 0 Å². The lowest BCUT2D eigenvalue weighted by Gasteiger charge is -2.18. The second-order valence-corrected chi connectivity index (χ2v) is 24.1. The second-order valence-electron chi connectivity index (χ2n) is 24.1. The van der Waals surface area contributed by atoms with E-state index in [4.69, 9.17) is 14.2 Å². The molecule has 6 nitrogen and oxygen atoms in total. The molecule has 0 aromatic heterocycles. The van der Waals surface area contributed by atoms with Crippen molar-refractivity contribution in [3.8, 4) is 0 Å². The molecule has 78 heavy (non-hydrogen) atoms. The van der Waals surface area contributed by atoms with E-state index in [-0.39, 0.29) is 31.1 Å². The first-order valence-electron chi connectivity index (χ1n) is 35.3. The third kappa shape index (κ3) is 64.7. The maximum Gasteiger partial charge on any atom is 0.306 e. The minimum Gasteiger partial charge on any atom is -0.462 e. The molecule has 0 aliphatic heterocycles. The highest BCUT2D eigenvalue weighted by molar-refractivity contribution is 5.71. The summed E-state index contributed by atoms with van der Waals surface area (Å²) in [4.78, 5) is 38.2. The van der Waals surface area contributed by atoms with Gasteiger partial charge in [-0.3, -0.25) is 14.4 Å². The molecule has 0 fully saturated rings. The van der Waals surface area contributed by atoms with E-state index in [1.807, 2.05) is 0 Å². The Morgan fingerprint density at radius 1 is 0.244 bits per heavy atom. The number of ether oxygens (including phenoxy) is 3. The van der Waals surface area contributed by atoms with E-state index in [0.717, 1.165) is 57.8 Å². The lowest BCUT2D eigenvalue weighted by molar-refractivity contribution is -0.167. The lowest BCUT2D eigenvalue weighted by Crippen LogP contribution is -2.30. The molecule has 0 aromatic rings. The van der Waals surface area contributed by atoms with Gasteiger partial charge in [0.1, 0.15) is 13.2 Å². The molecule has 0 aliphatic carbocycles. The van der Waals surface area contributed by atoms with Gasteiger partial charge in [0, 0.05) is 19.3 Å². The van der Waals surface area contributed by atoms with E-state index in [1.165, 1.54) is 302 Å². The Bertz CT molecular complexity index is 1260. The quantitative estimate of drug-likeness (QED) is 0.0261. The van der Waals surface area contributed by atoms with Crippen LogP contribution in [0.5, 0.6) is 0 Å². The lowest BCUT2D eigenvalue weighted by atomic mass is 10.0. The predicted octanol–water partition coefficient (Wildman–Crippen LogP) is 24.2. The van der Waals surface area contributed by atoms with E-state index in [2.05, 4.69) is 45.1 Å². The van der Waals surface area contributed by atoms with Gasteiger partial charge in [0.05, 0.1) is 0 Å². The summed E-state index contributed by atoms with van der Waals surface area (Å²) in [6.45, 7) is 6.67. The van der Waals surface area contributed by atoms with Crippen LogP contribution in [-0.2, 0) is 28.6 Å². The van der Waals surface area contributed by atoms with Crippen LogP contribution in [0.15, 0.2) is 24.3 Å². The van der Waals surface area contributed by atoms with Gasteiger partial charge >= 0.3 is 17.9 Å². The molecular weight excluding hydrogens is 961 g/mol. The molecule has 0 saturated carbocycles. The number of carbonyl (C=O) groups is 3. The summed E-state index contributed by atoms with van der Waals surface area (Å²) in [5.74, 6) is -0.845. The standard InChI is InChI=1S/C72H136O6/c1-4-7-10-13-16-19-21-23-25-27-29-30-31-32-33-34-35-36-37-38-39-40-41-42-44-45-47-49-51-53-56-59-62-65-71(74)77-68-69(67-76-70(73)64-61-58-55-18-15-12-9-6-3)78-72(75)66-63-60-57-54-52-50-48-46-43-28-26-24-22-20-17-14-11-8-5-2/h24,26-27,29,69H,4-23,25,28,30-68H2,1-3H3/b26-24-,29-27-. The first-order valence-corrected chi connectivity index (χ1v) is 35.3. The zero-order chi connectivity index (χ0) is 56.4. The molecule has 0 saturated heterocycles. The minimum atomic E-state index is -0.767. The van der Waals surface area contributed by atoms with Crippen LogP contribution in [0, 0.1) is 0 Å². The maximum absolute atomic E-state index is 12.9. The average Bonchev–Trinajstić information content (AvgIpc) is 3.44.